The zero-order chi connectivity index (χ0) is 16.8. The Kier molecular flexibility index (Phi) is 3.62. The van der Waals surface area contributed by atoms with Gasteiger partial charge in [-0.15, -0.1) is 0 Å². The number of amides is 1. The molecule has 1 amide bonds. The average molecular weight is 317 g/mol. The minimum Gasteiger partial charge on any atom is -0.481 e. The van der Waals surface area contributed by atoms with Crippen LogP contribution in [0.3, 0.4) is 0 Å². The van der Waals surface area contributed by atoms with E-state index < -0.39 is 17.0 Å². The van der Waals surface area contributed by atoms with E-state index in [1.807, 2.05) is 39.0 Å². The second kappa shape index (κ2) is 5.25. The Hall–Kier alpha value is -2.04. The number of nitrogens with zero attached hydrogens (tertiary/aromatic N) is 1. The molecule has 0 saturated heterocycles. The lowest BCUT2D eigenvalue weighted by Gasteiger charge is -2.39. The number of benzene rings is 1. The summed E-state index contributed by atoms with van der Waals surface area (Å²) in [7, 11) is 0. The molecule has 1 aromatic rings. The van der Waals surface area contributed by atoms with Gasteiger partial charge in [-0.05, 0) is 57.2 Å². The van der Waals surface area contributed by atoms with Crippen LogP contribution >= 0.6 is 0 Å². The lowest BCUT2D eigenvalue weighted by molar-refractivity contribution is -0.147. The highest BCUT2D eigenvalue weighted by atomic mass is 16.6. The van der Waals surface area contributed by atoms with Gasteiger partial charge in [-0.2, -0.15) is 0 Å². The molecule has 3 rings (SSSR count). The van der Waals surface area contributed by atoms with Crippen molar-refractivity contribution in [3.8, 4) is 0 Å². The predicted octanol–water partition coefficient (Wildman–Crippen LogP) is 3.49. The van der Waals surface area contributed by atoms with E-state index in [2.05, 4.69) is 0 Å². The van der Waals surface area contributed by atoms with Crippen molar-refractivity contribution in [3.63, 3.8) is 0 Å². The van der Waals surface area contributed by atoms with E-state index in [4.69, 9.17) is 4.74 Å². The maximum atomic E-state index is 12.4. The van der Waals surface area contributed by atoms with Crippen molar-refractivity contribution in [1.29, 1.82) is 0 Å². The first-order chi connectivity index (χ1) is 10.7. The molecular formula is C18H23NO4. The lowest BCUT2D eigenvalue weighted by Crippen LogP contribution is -2.43. The van der Waals surface area contributed by atoms with Crippen LogP contribution in [-0.2, 0) is 21.4 Å². The number of rotatable bonds is 2. The van der Waals surface area contributed by atoms with Gasteiger partial charge >= 0.3 is 12.1 Å². The van der Waals surface area contributed by atoms with Crippen molar-refractivity contribution >= 4 is 17.7 Å². The molecule has 0 aromatic heterocycles. The zero-order valence-electron chi connectivity index (χ0n) is 13.9. The number of hydrogen-bond donors (Lipinski definition) is 1. The number of carbonyl (C=O) groups is 2. The third-order valence-electron chi connectivity index (χ3n) is 4.77. The van der Waals surface area contributed by atoms with Gasteiger partial charge in [0.05, 0.1) is 11.1 Å². The smallest absolute Gasteiger partial charge is 0.414 e. The fraction of sp³-hybridized carbons (Fsp3) is 0.556. The average Bonchev–Trinajstić information content (AvgIpc) is 2.79. The van der Waals surface area contributed by atoms with E-state index in [1.165, 1.54) is 0 Å². The van der Waals surface area contributed by atoms with Crippen LogP contribution in [-0.4, -0.2) is 29.3 Å². The summed E-state index contributed by atoms with van der Waals surface area (Å²) in [6.07, 6.45) is 2.59. The Morgan fingerprint density at radius 2 is 1.96 bits per heavy atom. The van der Waals surface area contributed by atoms with Crippen LogP contribution < -0.4 is 4.90 Å². The summed E-state index contributed by atoms with van der Waals surface area (Å²) in [5, 5.41) is 9.69. The molecule has 0 spiro atoms. The molecule has 2 aliphatic rings. The second-order valence-electron chi connectivity index (χ2n) is 7.43. The van der Waals surface area contributed by atoms with Crippen LogP contribution in [0, 0.1) is 0 Å². The minimum atomic E-state index is -0.769. The summed E-state index contributed by atoms with van der Waals surface area (Å²) in [5.41, 5.74) is 1.34. The van der Waals surface area contributed by atoms with Crippen molar-refractivity contribution < 1.29 is 19.4 Å². The second-order valence-corrected chi connectivity index (χ2v) is 7.43. The molecule has 1 saturated carbocycles. The van der Waals surface area contributed by atoms with E-state index in [0.717, 1.165) is 23.2 Å². The summed E-state index contributed by atoms with van der Waals surface area (Å²) in [6, 6.07) is 5.63. The molecule has 124 valence electrons. The van der Waals surface area contributed by atoms with Gasteiger partial charge in [-0.25, -0.2) is 4.79 Å². The van der Waals surface area contributed by atoms with Crippen molar-refractivity contribution in [2.45, 2.75) is 57.5 Å². The quantitative estimate of drug-likeness (QED) is 0.906. The van der Waals surface area contributed by atoms with Gasteiger partial charge in [0.2, 0.25) is 0 Å². The SMILES string of the molecule is CC(C)(C)OC(=O)N1CCc2c1cccc2C1(C(=O)O)CCC1. The van der Waals surface area contributed by atoms with Crippen LogP contribution in [0.4, 0.5) is 10.5 Å². The number of carboxylic acids is 1. The van der Waals surface area contributed by atoms with E-state index in [0.29, 0.717) is 25.8 Å². The maximum Gasteiger partial charge on any atom is 0.414 e. The van der Waals surface area contributed by atoms with Gasteiger partial charge in [-0.1, -0.05) is 18.6 Å². The standard InChI is InChI=1S/C18H23NO4/c1-17(2,3)23-16(22)19-11-8-12-13(6-4-7-14(12)19)18(15(20)21)9-5-10-18/h4,6-7H,5,8-11H2,1-3H3,(H,20,21). The first kappa shape index (κ1) is 15.8. The summed E-state index contributed by atoms with van der Waals surface area (Å²) in [5.74, 6) is -0.757. The van der Waals surface area contributed by atoms with Crippen molar-refractivity contribution in [1.82, 2.24) is 0 Å². The fourth-order valence-corrected chi connectivity index (χ4v) is 3.52. The van der Waals surface area contributed by atoms with Crippen LogP contribution in [0.1, 0.15) is 51.2 Å². The monoisotopic (exact) mass is 317 g/mol. The van der Waals surface area contributed by atoms with Crippen molar-refractivity contribution in [2.75, 3.05) is 11.4 Å². The Morgan fingerprint density at radius 1 is 1.26 bits per heavy atom. The number of carboxylic acid groups (broad SMARTS) is 1. The molecule has 0 radical (unpaired) electrons. The lowest BCUT2D eigenvalue weighted by atomic mass is 9.63. The summed E-state index contributed by atoms with van der Waals surface area (Å²) < 4.78 is 5.46. The molecule has 1 aliphatic heterocycles. The number of ether oxygens (including phenoxy) is 1. The van der Waals surface area contributed by atoms with Crippen LogP contribution in [0.5, 0.6) is 0 Å². The van der Waals surface area contributed by atoms with Crippen molar-refractivity contribution in [2.24, 2.45) is 0 Å². The molecule has 1 heterocycles. The molecule has 1 fully saturated rings. The number of hydrogen-bond acceptors (Lipinski definition) is 3. The third kappa shape index (κ3) is 2.58. The van der Waals surface area contributed by atoms with E-state index in [1.54, 1.807) is 4.90 Å². The Bertz CT molecular complexity index is 655. The highest BCUT2D eigenvalue weighted by Gasteiger charge is 2.48. The number of fused-ring (bicyclic) bond motifs is 1. The van der Waals surface area contributed by atoms with Crippen molar-refractivity contribution in [3.05, 3.63) is 29.3 Å². The molecule has 5 nitrogen and oxygen atoms in total. The van der Waals surface area contributed by atoms with Gasteiger partial charge in [0.15, 0.2) is 0 Å². The third-order valence-corrected chi connectivity index (χ3v) is 4.77. The molecule has 0 bridgehead atoms. The van der Waals surface area contributed by atoms with Crippen LogP contribution in [0.25, 0.3) is 0 Å². The number of anilines is 1. The molecule has 0 unspecified atom stereocenters. The number of aliphatic carboxylic acids is 1. The van der Waals surface area contributed by atoms with E-state index >= 15 is 0 Å². The highest BCUT2D eigenvalue weighted by molar-refractivity contribution is 5.92. The molecule has 5 heteroatoms. The Labute approximate surface area is 136 Å². The molecule has 1 aromatic carbocycles. The fourth-order valence-electron chi connectivity index (χ4n) is 3.52. The Balaban J connectivity index is 1.95. The summed E-state index contributed by atoms with van der Waals surface area (Å²) >= 11 is 0. The first-order valence-electron chi connectivity index (χ1n) is 8.11. The van der Waals surface area contributed by atoms with Gasteiger partial charge in [0, 0.05) is 6.54 Å². The minimum absolute atomic E-state index is 0.369. The van der Waals surface area contributed by atoms with Gasteiger partial charge in [-0.3, -0.25) is 9.69 Å². The number of carbonyl (C=O) groups excluding carboxylic acids is 1. The normalized spacial score (nSPS) is 19.0. The van der Waals surface area contributed by atoms with Crippen LogP contribution in [0.2, 0.25) is 0 Å². The predicted molar refractivity (Wildman–Crippen MR) is 86.9 cm³/mol. The summed E-state index contributed by atoms with van der Waals surface area (Å²) in [6.45, 7) is 6.06. The van der Waals surface area contributed by atoms with Gasteiger partial charge in [0.25, 0.3) is 0 Å². The summed E-state index contributed by atoms with van der Waals surface area (Å²) in [4.78, 5) is 25.8. The molecular weight excluding hydrogens is 294 g/mol. The van der Waals surface area contributed by atoms with Gasteiger partial charge in [0.1, 0.15) is 5.60 Å². The molecule has 0 atom stereocenters. The topological polar surface area (TPSA) is 66.8 Å². The zero-order valence-corrected chi connectivity index (χ0v) is 13.9. The van der Waals surface area contributed by atoms with E-state index in [-0.39, 0.29) is 6.09 Å². The van der Waals surface area contributed by atoms with E-state index in [9.17, 15) is 14.7 Å². The maximum absolute atomic E-state index is 12.4. The van der Waals surface area contributed by atoms with Gasteiger partial charge < -0.3 is 9.84 Å². The largest absolute Gasteiger partial charge is 0.481 e. The molecule has 1 N–H and O–H groups in total. The highest BCUT2D eigenvalue weighted by Crippen LogP contribution is 2.48. The van der Waals surface area contributed by atoms with Crippen LogP contribution in [0.15, 0.2) is 18.2 Å². The Morgan fingerprint density at radius 3 is 2.48 bits per heavy atom. The molecule has 23 heavy (non-hydrogen) atoms. The molecule has 1 aliphatic carbocycles. The first-order valence-corrected chi connectivity index (χ1v) is 8.11.